The molecule has 0 bridgehead atoms. The number of hydrogen-bond acceptors (Lipinski definition) is 3. The Morgan fingerprint density at radius 3 is 2.67 bits per heavy atom. The van der Waals surface area contributed by atoms with E-state index in [9.17, 15) is 8.42 Å². The molecule has 0 aromatic heterocycles. The van der Waals surface area contributed by atoms with Crippen molar-refractivity contribution in [3.63, 3.8) is 0 Å². The van der Waals surface area contributed by atoms with Gasteiger partial charge in [0.25, 0.3) is 0 Å². The highest BCUT2D eigenvalue weighted by molar-refractivity contribution is 7.86. The molecule has 0 amide bonds. The van der Waals surface area contributed by atoms with Crippen molar-refractivity contribution >= 4 is 21.7 Å². The van der Waals surface area contributed by atoms with Gasteiger partial charge in [0.05, 0.1) is 6.26 Å². The minimum absolute atomic E-state index is 0.171. The molecule has 0 aliphatic carbocycles. The SMILES string of the molecule is CS(=O)(=O)Oc1c[c]cc(Cl)c1. The maximum atomic E-state index is 10.6. The molecule has 0 saturated heterocycles. The lowest BCUT2D eigenvalue weighted by atomic mass is 10.3. The molecule has 0 fully saturated rings. The van der Waals surface area contributed by atoms with E-state index in [1.165, 1.54) is 18.2 Å². The highest BCUT2D eigenvalue weighted by atomic mass is 35.5. The zero-order valence-corrected chi connectivity index (χ0v) is 7.82. The summed E-state index contributed by atoms with van der Waals surface area (Å²) in [6, 6.07) is 6.94. The lowest BCUT2D eigenvalue weighted by Crippen LogP contribution is -2.05. The third kappa shape index (κ3) is 3.11. The minimum Gasteiger partial charge on any atom is -0.383 e. The topological polar surface area (TPSA) is 43.4 Å². The second kappa shape index (κ2) is 3.33. The number of hydrogen-bond donors (Lipinski definition) is 0. The van der Waals surface area contributed by atoms with E-state index in [1.54, 1.807) is 0 Å². The molecular formula is C7H6ClO3S. The van der Waals surface area contributed by atoms with Crippen molar-refractivity contribution in [3.8, 4) is 5.75 Å². The van der Waals surface area contributed by atoms with Crippen LogP contribution in [0.4, 0.5) is 0 Å². The Bertz CT molecular complexity index is 372. The van der Waals surface area contributed by atoms with Gasteiger partial charge in [0.2, 0.25) is 0 Å². The summed E-state index contributed by atoms with van der Waals surface area (Å²) in [7, 11) is -3.47. The molecule has 1 aromatic rings. The molecule has 1 rings (SSSR count). The third-order valence-electron chi connectivity index (χ3n) is 0.975. The van der Waals surface area contributed by atoms with E-state index in [2.05, 4.69) is 10.2 Å². The quantitative estimate of drug-likeness (QED) is 0.687. The third-order valence-corrected chi connectivity index (χ3v) is 1.69. The summed E-state index contributed by atoms with van der Waals surface area (Å²) < 4.78 is 25.8. The van der Waals surface area contributed by atoms with Gasteiger partial charge in [-0.05, 0) is 18.2 Å². The van der Waals surface area contributed by atoms with Crippen molar-refractivity contribution in [1.29, 1.82) is 0 Å². The Kier molecular flexibility index (Phi) is 2.59. The maximum Gasteiger partial charge on any atom is 0.306 e. The van der Waals surface area contributed by atoms with Crippen molar-refractivity contribution in [2.75, 3.05) is 6.26 Å². The van der Waals surface area contributed by atoms with E-state index in [4.69, 9.17) is 11.6 Å². The first kappa shape index (κ1) is 9.35. The van der Waals surface area contributed by atoms with Crippen molar-refractivity contribution in [2.24, 2.45) is 0 Å². The van der Waals surface area contributed by atoms with Crippen LogP contribution in [0.2, 0.25) is 5.02 Å². The minimum atomic E-state index is -3.47. The van der Waals surface area contributed by atoms with Crippen LogP contribution in [-0.2, 0) is 10.1 Å². The van der Waals surface area contributed by atoms with Crippen LogP contribution in [-0.4, -0.2) is 14.7 Å². The molecule has 0 aliphatic heterocycles. The predicted octanol–water partition coefficient (Wildman–Crippen LogP) is 1.48. The van der Waals surface area contributed by atoms with Gasteiger partial charge in [-0.3, -0.25) is 0 Å². The Morgan fingerprint density at radius 2 is 2.17 bits per heavy atom. The van der Waals surface area contributed by atoms with Crippen molar-refractivity contribution < 1.29 is 12.6 Å². The molecule has 65 valence electrons. The van der Waals surface area contributed by atoms with Gasteiger partial charge in [-0.25, -0.2) is 0 Å². The van der Waals surface area contributed by atoms with E-state index in [1.807, 2.05) is 0 Å². The Morgan fingerprint density at radius 1 is 1.50 bits per heavy atom. The summed E-state index contributed by atoms with van der Waals surface area (Å²) in [5, 5.41) is 0.385. The van der Waals surface area contributed by atoms with Crippen LogP contribution in [0.1, 0.15) is 0 Å². The summed E-state index contributed by atoms with van der Waals surface area (Å²) in [5.41, 5.74) is 0. The summed E-state index contributed by atoms with van der Waals surface area (Å²) in [5.74, 6) is 0.171. The first-order valence-corrected chi connectivity index (χ1v) is 5.23. The van der Waals surface area contributed by atoms with Gasteiger partial charge in [0.15, 0.2) is 0 Å². The van der Waals surface area contributed by atoms with Crippen LogP contribution in [0.25, 0.3) is 0 Å². The zero-order chi connectivity index (χ0) is 9.19. The number of rotatable bonds is 2. The fourth-order valence-corrected chi connectivity index (χ4v) is 1.26. The summed E-state index contributed by atoms with van der Waals surface area (Å²) in [4.78, 5) is 0. The monoisotopic (exact) mass is 205 g/mol. The molecule has 12 heavy (non-hydrogen) atoms. The predicted molar refractivity (Wildman–Crippen MR) is 45.8 cm³/mol. The Balaban J connectivity index is 2.91. The molecule has 0 N–H and O–H groups in total. The van der Waals surface area contributed by atoms with E-state index in [0.29, 0.717) is 5.02 Å². The van der Waals surface area contributed by atoms with Crippen molar-refractivity contribution in [3.05, 3.63) is 29.3 Å². The second-order valence-corrected chi connectivity index (χ2v) is 4.19. The van der Waals surface area contributed by atoms with Gasteiger partial charge >= 0.3 is 10.1 Å². The number of benzene rings is 1. The van der Waals surface area contributed by atoms with Gasteiger partial charge in [-0.1, -0.05) is 11.6 Å². The molecule has 0 spiro atoms. The van der Waals surface area contributed by atoms with Gasteiger partial charge in [0, 0.05) is 11.1 Å². The summed E-state index contributed by atoms with van der Waals surface area (Å²) >= 11 is 5.57. The van der Waals surface area contributed by atoms with Crippen LogP contribution in [0.5, 0.6) is 5.75 Å². The lowest BCUT2D eigenvalue weighted by Gasteiger charge is -2.01. The molecule has 0 heterocycles. The largest absolute Gasteiger partial charge is 0.383 e. The Hall–Kier alpha value is -0.740. The first-order valence-electron chi connectivity index (χ1n) is 3.03. The summed E-state index contributed by atoms with van der Waals surface area (Å²) in [6.07, 6.45) is 0.966. The molecule has 0 saturated carbocycles. The van der Waals surface area contributed by atoms with E-state index >= 15 is 0 Å². The molecule has 1 radical (unpaired) electrons. The van der Waals surface area contributed by atoms with Gasteiger partial charge in [0.1, 0.15) is 5.75 Å². The average Bonchev–Trinajstić information content (AvgIpc) is 1.82. The average molecular weight is 206 g/mol. The molecule has 0 atom stereocenters. The second-order valence-electron chi connectivity index (χ2n) is 2.17. The lowest BCUT2D eigenvalue weighted by molar-refractivity contribution is 0.493. The van der Waals surface area contributed by atoms with Crippen LogP contribution in [0, 0.1) is 6.07 Å². The van der Waals surface area contributed by atoms with Gasteiger partial charge < -0.3 is 4.18 Å². The fraction of sp³-hybridized carbons (Fsp3) is 0.143. The molecule has 0 unspecified atom stereocenters. The van der Waals surface area contributed by atoms with Gasteiger partial charge in [-0.15, -0.1) is 0 Å². The van der Waals surface area contributed by atoms with Crippen LogP contribution >= 0.6 is 11.6 Å². The Labute approximate surface area is 76.0 Å². The maximum absolute atomic E-state index is 10.6. The normalized spacial score (nSPS) is 11.2. The van der Waals surface area contributed by atoms with Crippen LogP contribution in [0.15, 0.2) is 18.2 Å². The van der Waals surface area contributed by atoms with Crippen molar-refractivity contribution in [2.45, 2.75) is 0 Å². The molecule has 1 aromatic carbocycles. The number of halogens is 1. The fourth-order valence-electron chi connectivity index (χ4n) is 0.646. The van der Waals surface area contributed by atoms with Crippen LogP contribution in [0.3, 0.4) is 0 Å². The molecule has 5 heteroatoms. The van der Waals surface area contributed by atoms with Gasteiger partial charge in [-0.2, -0.15) is 8.42 Å². The highest BCUT2D eigenvalue weighted by Crippen LogP contribution is 2.17. The first-order chi connectivity index (χ1) is 5.47. The van der Waals surface area contributed by atoms with E-state index < -0.39 is 10.1 Å². The summed E-state index contributed by atoms with van der Waals surface area (Å²) in [6.45, 7) is 0. The van der Waals surface area contributed by atoms with E-state index in [-0.39, 0.29) is 5.75 Å². The van der Waals surface area contributed by atoms with E-state index in [0.717, 1.165) is 6.26 Å². The van der Waals surface area contributed by atoms with Crippen molar-refractivity contribution in [1.82, 2.24) is 0 Å². The molecular weight excluding hydrogens is 200 g/mol. The molecule has 3 nitrogen and oxygen atoms in total. The van der Waals surface area contributed by atoms with Crippen LogP contribution < -0.4 is 4.18 Å². The highest BCUT2D eigenvalue weighted by Gasteiger charge is 2.03. The zero-order valence-electron chi connectivity index (χ0n) is 6.24. The standard InChI is InChI=1S/C7H6ClO3S/c1-12(9,10)11-7-4-2-3-6(8)5-7/h3-5H,1H3. The molecule has 0 aliphatic rings. The smallest absolute Gasteiger partial charge is 0.306 e.